The molecule has 2 aromatic heterocycles. The summed E-state index contributed by atoms with van der Waals surface area (Å²) in [7, 11) is 0. The second kappa shape index (κ2) is 7.49. The second-order valence-corrected chi connectivity index (χ2v) is 7.05. The number of para-hydroxylation sites is 1. The van der Waals surface area contributed by atoms with Crippen LogP contribution in [0, 0.1) is 0 Å². The Hall–Kier alpha value is -2.99. The quantitative estimate of drug-likeness (QED) is 0.571. The van der Waals surface area contributed by atoms with E-state index in [0.717, 1.165) is 23.0 Å². The van der Waals surface area contributed by atoms with Crippen LogP contribution in [0.4, 0.5) is 0 Å². The van der Waals surface area contributed by atoms with Crippen LogP contribution >= 0.6 is 11.3 Å². The minimum Gasteiger partial charge on any atom is -0.352 e. The van der Waals surface area contributed by atoms with Crippen molar-refractivity contribution in [2.24, 2.45) is 0 Å². The van der Waals surface area contributed by atoms with Crippen LogP contribution in [-0.2, 0) is 13.0 Å². The number of hydrogen-bond acceptors (Lipinski definition) is 4. The standard InChI is InChI=1S/C20H18N4OS/c25-20(21-12-11-17-4-3-13-26-17)16-9-7-15(8-10-16)14-24-19-6-2-1-5-18(19)22-23-24/h1-10,13H,11-12,14H2,(H,21,25). The predicted octanol–water partition coefficient (Wildman–Crippen LogP) is 3.51. The van der Waals surface area contributed by atoms with E-state index in [9.17, 15) is 4.79 Å². The van der Waals surface area contributed by atoms with Gasteiger partial charge >= 0.3 is 0 Å². The highest BCUT2D eigenvalue weighted by molar-refractivity contribution is 7.09. The highest BCUT2D eigenvalue weighted by Gasteiger charge is 2.07. The number of amides is 1. The van der Waals surface area contributed by atoms with Crippen LogP contribution in [0.15, 0.2) is 66.0 Å². The van der Waals surface area contributed by atoms with E-state index in [2.05, 4.69) is 21.7 Å². The molecule has 0 spiro atoms. The minimum atomic E-state index is -0.0423. The Kier molecular flexibility index (Phi) is 4.75. The summed E-state index contributed by atoms with van der Waals surface area (Å²) in [6.45, 7) is 1.27. The van der Waals surface area contributed by atoms with Gasteiger partial charge in [0.05, 0.1) is 12.1 Å². The third-order valence-corrected chi connectivity index (χ3v) is 5.14. The monoisotopic (exact) mass is 362 g/mol. The fourth-order valence-corrected chi connectivity index (χ4v) is 3.53. The van der Waals surface area contributed by atoms with Crippen molar-refractivity contribution in [2.45, 2.75) is 13.0 Å². The highest BCUT2D eigenvalue weighted by Crippen LogP contribution is 2.13. The van der Waals surface area contributed by atoms with Crippen molar-refractivity contribution in [1.29, 1.82) is 0 Å². The Morgan fingerprint density at radius 1 is 1.04 bits per heavy atom. The molecule has 0 aliphatic carbocycles. The predicted molar refractivity (Wildman–Crippen MR) is 103 cm³/mol. The molecule has 0 aliphatic rings. The molecule has 6 heteroatoms. The molecule has 5 nitrogen and oxygen atoms in total. The van der Waals surface area contributed by atoms with Gasteiger partial charge in [-0.05, 0) is 47.7 Å². The van der Waals surface area contributed by atoms with Gasteiger partial charge in [0, 0.05) is 17.0 Å². The van der Waals surface area contributed by atoms with Gasteiger partial charge in [-0.25, -0.2) is 4.68 Å². The van der Waals surface area contributed by atoms with Crippen molar-refractivity contribution in [3.63, 3.8) is 0 Å². The molecule has 130 valence electrons. The third kappa shape index (κ3) is 3.65. The van der Waals surface area contributed by atoms with Crippen molar-refractivity contribution >= 4 is 28.3 Å². The Balaban J connectivity index is 1.37. The molecule has 1 N–H and O–H groups in total. The lowest BCUT2D eigenvalue weighted by molar-refractivity contribution is 0.0954. The average molecular weight is 362 g/mol. The second-order valence-electron chi connectivity index (χ2n) is 6.02. The van der Waals surface area contributed by atoms with E-state index in [1.807, 2.05) is 64.7 Å². The van der Waals surface area contributed by atoms with E-state index < -0.39 is 0 Å². The smallest absolute Gasteiger partial charge is 0.251 e. The van der Waals surface area contributed by atoms with E-state index in [-0.39, 0.29) is 5.91 Å². The van der Waals surface area contributed by atoms with Crippen molar-refractivity contribution < 1.29 is 4.79 Å². The summed E-state index contributed by atoms with van der Waals surface area (Å²) in [5, 5.41) is 13.4. The number of rotatable bonds is 6. The molecule has 0 saturated heterocycles. The van der Waals surface area contributed by atoms with Crippen molar-refractivity contribution in [3.05, 3.63) is 82.0 Å². The Labute approximate surface area is 155 Å². The van der Waals surface area contributed by atoms with Gasteiger partial charge in [-0.3, -0.25) is 4.79 Å². The van der Waals surface area contributed by atoms with Crippen LogP contribution in [0.25, 0.3) is 11.0 Å². The number of fused-ring (bicyclic) bond motifs is 1. The maximum Gasteiger partial charge on any atom is 0.251 e. The summed E-state index contributed by atoms with van der Waals surface area (Å²) >= 11 is 1.71. The molecule has 0 saturated carbocycles. The van der Waals surface area contributed by atoms with Gasteiger partial charge in [0.2, 0.25) is 0 Å². The van der Waals surface area contributed by atoms with Crippen molar-refractivity contribution in [2.75, 3.05) is 6.54 Å². The lowest BCUT2D eigenvalue weighted by Crippen LogP contribution is -2.25. The maximum absolute atomic E-state index is 12.2. The molecule has 1 amide bonds. The Morgan fingerprint density at radius 3 is 2.69 bits per heavy atom. The summed E-state index contributed by atoms with van der Waals surface area (Å²) in [5.41, 5.74) is 3.64. The zero-order valence-electron chi connectivity index (χ0n) is 14.1. The molecular formula is C20H18N4OS. The molecule has 26 heavy (non-hydrogen) atoms. The summed E-state index contributed by atoms with van der Waals surface area (Å²) < 4.78 is 1.87. The number of hydrogen-bond donors (Lipinski definition) is 1. The topological polar surface area (TPSA) is 59.8 Å². The molecule has 0 atom stereocenters. The first-order valence-corrected chi connectivity index (χ1v) is 9.35. The molecule has 0 fully saturated rings. The van der Waals surface area contributed by atoms with E-state index in [1.165, 1.54) is 4.88 Å². The largest absolute Gasteiger partial charge is 0.352 e. The number of nitrogens with one attached hydrogen (secondary N) is 1. The van der Waals surface area contributed by atoms with E-state index in [0.29, 0.717) is 18.7 Å². The first kappa shape index (κ1) is 16.5. The molecule has 0 radical (unpaired) electrons. The lowest BCUT2D eigenvalue weighted by Gasteiger charge is -2.06. The van der Waals surface area contributed by atoms with Gasteiger partial charge < -0.3 is 5.32 Å². The van der Waals surface area contributed by atoms with Crippen LogP contribution in [0.5, 0.6) is 0 Å². The van der Waals surface area contributed by atoms with Crippen LogP contribution in [0.2, 0.25) is 0 Å². The number of thiophene rings is 1. The van der Waals surface area contributed by atoms with Crippen LogP contribution < -0.4 is 5.32 Å². The number of nitrogens with zero attached hydrogens (tertiary/aromatic N) is 3. The SMILES string of the molecule is O=C(NCCc1cccs1)c1ccc(Cn2nnc3ccccc32)cc1. The fraction of sp³-hybridized carbons (Fsp3) is 0.150. The number of carbonyl (C=O) groups is 1. The highest BCUT2D eigenvalue weighted by atomic mass is 32.1. The summed E-state index contributed by atoms with van der Waals surface area (Å²) in [6.07, 6.45) is 0.862. The molecule has 0 unspecified atom stereocenters. The summed E-state index contributed by atoms with van der Waals surface area (Å²) in [4.78, 5) is 13.5. The zero-order valence-corrected chi connectivity index (χ0v) is 14.9. The summed E-state index contributed by atoms with van der Waals surface area (Å²) in [5.74, 6) is -0.0423. The van der Waals surface area contributed by atoms with E-state index in [4.69, 9.17) is 0 Å². The minimum absolute atomic E-state index is 0.0423. The molecule has 0 aliphatic heterocycles. The van der Waals surface area contributed by atoms with E-state index in [1.54, 1.807) is 11.3 Å². The first-order valence-electron chi connectivity index (χ1n) is 8.47. The van der Waals surface area contributed by atoms with Gasteiger partial charge in [-0.1, -0.05) is 35.5 Å². The van der Waals surface area contributed by atoms with Crippen LogP contribution in [0.1, 0.15) is 20.8 Å². The van der Waals surface area contributed by atoms with Gasteiger partial charge in [0.15, 0.2) is 0 Å². The number of aromatic nitrogens is 3. The van der Waals surface area contributed by atoms with Gasteiger partial charge in [-0.2, -0.15) is 0 Å². The normalized spacial score (nSPS) is 10.9. The Morgan fingerprint density at radius 2 is 1.88 bits per heavy atom. The van der Waals surface area contributed by atoms with Gasteiger partial charge in [-0.15, -0.1) is 16.4 Å². The number of carbonyl (C=O) groups excluding carboxylic acids is 1. The molecule has 4 aromatic rings. The lowest BCUT2D eigenvalue weighted by atomic mass is 10.1. The van der Waals surface area contributed by atoms with Gasteiger partial charge in [0.25, 0.3) is 5.91 Å². The first-order chi connectivity index (χ1) is 12.8. The van der Waals surface area contributed by atoms with Crippen molar-refractivity contribution in [1.82, 2.24) is 20.3 Å². The summed E-state index contributed by atoms with van der Waals surface area (Å²) in [6, 6.07) is 19.6. The third-order valence-electron chi connectivity index (χ3n) is 4.21. The van der Waals surface area contributed by atoms with Crippen molar-refractivity contribution in [3.8, 4) is 0 Å². The fourth-order valence-electron chi connectivity index (χ4n) is 2.82. The molecule has 2 aromatic carbocycles. The molecule has 4 rings (SSSR count). The molecule has 0 bridgehead atoms. The maximum atomic E-state index is 12.2. The molecular weight excluding hydrogens is 344 g/mol. The average Bonchev–Trinajstić information content (AvgIpc) is 3.33. The number of benzene rings is 2. The zero-order chi connectivity index (χ0) is 17.8. The van der Waals surface area contributed by atoms with Gasteiger partial charge in [0.1, 0.15) is 5.52 Å². The van der Waals surface area contributed by atoms with Crippen LogP contribution in [-0.4, -0.2) is 27.4 Å². The Bertz CT molecular complexity index is 1010. The van der Waals surface area contributed by atoms with Crippen LogP contribution in [0.3, 0.4) is 0 Å². The molecule has 2 heterocycles. The van der Waals surface area contributed by atoms with E-state index >= 15 is 0 Å².